The Morgan fingerprint density at radius 1 is 1.40 bits per heavy atom. The van der Waals surface area contributed by atoms with Crippen molar-refractivity contribution >= 4 is 5.90 Å². The van der Waals surface area contributed by atoms with Crippen LogP contribution in [0.4, 0.5) is 0 Å². The summed E-state index contributed by atoms with van der Waals surface area (Å²) in [6.07, 6.45) is 3.23. The smallest absolute Gasteiger partial charge is 0.208 e. The zero-order valence-electron chi connectivity index (χ0n) is 9.77. The van der Waals surface area contributed by atoms with E-state index in [0.717, 1.165) is 0 Å². The highest BCUT2D eigenvalue weighted by atomic mass is 16.7. The predicted octanol–water partition coefficient (Wildman–Crippen LogP) is 1.61. The minimum atomic E-state index is -0.339. The molecule has 0 aromatic rings. The Bertz CT molecular complexity index is 244. The first kappa shape index (κ1) is 12.2. The van der Waals surface area contributed by atoms with Crippen molar-refractivity contribution in [1.82, 2.24) is 0 Å². The monoisotopic (exact) mass is 213 g/mol. The lowest BCUT2D eigenvalue weighted by atomic mass is 10.1. The molecule has 4 heteroatoms. The molecule has 0 aromatic carbocycles. The number of nitrogens with zero attached hydrogens (tertiary/aromatic N) is 1. The van der Waals surface area contributed by atoms with Crippen LogP contribution in [0.5, 0.6) is 0 Å². The third kappa shape index (κ3) is 3.64. The summed E-state index contributed by atoms with van der Waals surface area (Å²) in [6.45, 7) is 4.94. The van der Waals surface area contributed by atoms with Crippen LogP contribution in [0.1, 0.15) is 13.8 Å². The van der Waals surface area contributed by atoms with Gasteiger partial charge in [-0.1, -0.05) is 13.8 Å². The second-order valence-electron chi connectivity index (χ2n) is 3.79. The summed E-state index contributed by atoms with van der Waals surface area (Å²) in [6, 6.07) is 0.271. The third-order valence-electron chi connectivity index (χ3n) is 2.33. The predicted molar refractivity (Wildman–Crippen MR) is 59.0 cm³/mol. The molecule has 1 rings (SSSR count). The topological polar surface area (TPSA) is 40.0 Å². The van der Waals surface area contributed by atoms with Gasteiger partial charge in [0.25, 0.3) is 0 Å². The van der Waals surface area contributed by atoms with E-state index in [1.54, 1.807) is 26.4 Å². The number of hydrogen-bond donors (Lipinski definition) is 0. The van der Waals surface area contributed by atoms with Crippen molar-refractivity contribution in [1.29, 1.82) is 0 Å². The van der Waals surface area contributed by atoms with Crippen molar-refractivity contribution in [2.24, 2.45) is 10.9 Å². The van der Waals surface area contributed by atoms with Crippen molar-refractivity contribution in [3.8, 4) is 0 Å². The lowest BCUT2D eigenvalue weighted by Crippen LogP contribution is -2.13. The Labute approximate surface area is 90.9 Å². The molecular weight excluding hydrogens is 194 g/mol. The highest BCUT2D eigenvalue weighted by molar-refractivity contribution is 5.88. The van der Waals surface area contributed by atoms with Gasteiger partial charge in [0.05, 0.1) is 6.04 Å². The van der Waals surface area contributed by atoms with Crippen molar-refractivity contribution in [3.63, 3.8) is 0 Å². The molecule has 15 heavy (non-hydrogen) atoms. The van der Waals surface area contributed by atoms with Crippen LogP contribution in [0, 0.1) is 5.92 Å². The molecule has 0 saturated heterocycles. The van der Waals surface area contributed by atoms with Crippen LogP contribution < -0.4 is 0 Å². The van der Waals surface area contributed by atoms with Gasteiger partial charge in [-0.15, -0.1) is 0 Å². The summed E-state index contributed by atoms with van der Waals surface area (Å²) >= 11 is 0. The van der Waals surface area contributed by atoms with Gasteiger partial charge in [0.15, 0.2) is 6.29 Å². The molecule has 1 aliphatic rings. The molecule has 0 amide bonds. The van der Waals surface area contributed by atoms with E-state index in [-0.39, 0.29) is 12.3 Å². The van der Waals surface area contributed by atoms with Crippen LogP contribution in [0.25, 0.3) is 0 Å². The zero-order valence-corrected chi connectivity index (χ0v) is 9.77. The van der Waals surface area contributed by atoms with Gasteiger partial charge in [-0.05, 0) is 12.0 Å². The number of ether oxygens (including phenoxy) is 3. The normalized spacial score (nSPS) is 21.5. The van der Waals surface area contributed by atoms with E-state index in [4.69, 9.17) is 14.2 Å². The molecule has 4 nitrogen and oxygen atoms in total. The van der Waals surface area contributed by atoms with Gasteiger partial charge < -0.3 is 14.2 Å². The van der Waals surface area contributed by atoms with Crippen LogP contribution in [-0.4, -0.2) is 39.1 Å². The summed E-state index contributed by atoms with van der Waals surface area (Å²) in [7, 11) is 3.18. The molecule has 0 aliphatic carbocycles. The average molecular weight is 213 g/mol. The summed E-state index contributed by atoms with van der Waals surface area (Å²) in [5.41, 5.74) is 0. The maximum Gasteiger partial charge on any atom is 0.208 e. The molecule has 0 bridgehead atoms. The minimum Gasteiger partial charge on any atom is -0.476 e. The van der Waals surface area contributed by atoms with Crippen LogP contribution in [-0.2, 0) is 14.2 Å². The molecule has 0 spiro atoms. The SMILES string of the molecule is COC(/C=C/C1=N[C@@H](C(C)C)CO1)OC. The minimum absolute atomic E-state index is 0.271. The Morgan fingerprint density at radius 3 is 2.53 bits per heavy atom. The van der Waals surface area contributed by atoms with E-state index in [1.165, 1.54) is 0 Å². The molecule has 1 atom stereocenters. The molecule has 0 radical (unpaired) electrons. The van der Waals surface area contributed by atoms with E-state index in [0.29, 0.717) is 18.4 Å². The fourth-order valence-electron chi connectivity index (χ4n) is 1.26. The van der Waals surface area contributed by atoms with Crippen LogP contribution in [0.15, 0.2) is 17.1 Å². The number of hydrogen-bond acceptors (Lipinski definition) is 4. The van der Waals surface area contributed by atoms with E-state index in [9.17, 15) is 0 Å². The second kappa shape index (κ2) is 5.88. The second-order valence-corrected chi connectivity index (χ2v) is 3.79. The summed E-state index contributed by atoms with van der Waals surface area (Å²) in [5.74, 6) is 1.17. The first-order valence-corrected chi connectivity index (χ1v) is 5.11. The van der Waals surface area contributed by atoms with Crippen molar-refractivity contribution in [2.45, 2.75) is 26.2 Å². The zero-order chi connectivity index (χ0) is 11.3. The molecule has 1 aliphatic heterocycles. The Balaban J connectivity index is 2.49. The first-order valence-electron chi connectivity index (χ1n) is 5.11. The molecule has 0 saturated carbocycles. The fourth-order valence-corrected chi connectivity index (χ4v) is 1.26. The number of aliphatic imine (C=N–C) groups is 1. The maximum atomic E-state index is 5.42. The summed E-state index contributed by atoms with van der Waals surface area (Å²) in [5, 5.41) is 0. The van der Waals surface area contributed by atoms with E-state index >= 15 is 0 Å². The van der Waals surface area contributed by atoms with Gasteiger partial charge in [-0.2, -0.15) is 0 Å². The molecular formula is C11H19NO3. The van der Waals surface area contributed by atoms with Gasteiger partial charge in [0.1, 0.15) is 6.61 Å². The van der Waals surface area contributed by atoms with E-state index in [2.05, 4.69) is 18.8 Å². The summed E-state index contributed by atoms with van der Waals surface area (Å²) < 4.78 is 15.4. The van der Waals surface area contributed by atoms with Gasteiger partial charge >= 0.3 is 0 Å². The molecule has 0 aromatic heterocycles. The first-order chi connectivity index (χ1) is 7.17. The maximum absolute atomic E-state index is 5.42. The Kier molecular flexibility index (Phi) is 4.78. The van der Waals surface area contributed by atoms with Crippen molar-refractivity contribution < 1.29 is 14.2 Å². The Hall–Kier alpha value is -0.870. The highest BCUT2D eigenvalue weighted by Gasteiger charge is 2.20. The van der Waals surface area contributed by atoms with Gasteiger partial charge in [0, 0.05) is 20.3 Å². The molecule has 0 fully saturated rings. The van der Waals surface area contributed by atoms with Crippen LogP contribution in [0.2, 0.25) is 0 Å². The third-order valence-corrected chi connectivity index (χ3v) is 2.33. The van der Waals surface area contributed by atoms with Crippen LogP contribution in [0.3, 0.4) is 0 Å². The van der Waals surface area contributed by atoms with Crippen LogP contribution >= 0.6 is 0 Å². The van der Waals surface area contributed by atoms with Crippen molar-refractivity contribution in [3.05, 3.63) is 12.2 Å². The molecule has 0 unspecified atom stereocenters. The fraction of sp³-hybridized carbons (Fsp3) is 0.727. The number of rotatable bonds is 5. The molecule has 1 heterocycles. The van der Waals surface area contributed by atoms with Crippen molar-refractivity contribution in [2.75, 3.05) is 20.8 Å². The van der Waals surface area contributed by atoms with E-state index < -0.39 is 0 Å². The van der Waals surface area contributed by atoms with Gasteiger partial charge in [0.2, 0.25) is 5.90 Å². The molecule has 0 N–H and O–H groups in total. The van der Waals surface area contributed by atoms with Gasteiger partial charge in [-0.25, -0.2) is 4.99 Å². The average Bonchev–Trinajstić information content (AvgIpc) is 2.68. The summed E-state index contributed by atoms with van der Waals surface area (Å²) in [4.78, 5) is 4.42. The quantitative estimate of drug-likeness (QED) is 0.651. The standard InChI is InChI=1S/C11H19NO3/c1-8(2)9-7-15-10(12-9)5-6-11(13-3)14-4/h5-6,8-9,11H,7H2,1-4H3/b6-5+/t9-/m1/s1. The Morgan fingerprint density at radius 2 is 2.07 bits per heavy atom. The lowest BCUT2D eigenvalue weighted by Gasteiger charge is -2.06. The highest BCUT2D eigenvalue weighted by Crippen LogP contribution is 2.14. The number of methoxy groups -OCH3 is 2. The molecule has 86 valence electrons. The van der Waals surface area contributed by atoms with E-state index in [1.807, 2.05) is 0 Å². The lowest BCUT2D eigenvalue weighted by molar-refractivity contribution is -0.0665. The largest absolute Gasteiger partial charge is 0.476 e. The van der Waals surface area contributed by atoms with Gasteiger partial charge in [-0.3, -0.25) is 0 Å².